The van der Waals surface area contributed by atoms with Crippen LogP contribution in [0.1, 0.15) is 22.8 Å². The van der Waals surface area contributed by atoms with Gasteiger partial charge >= 0.3 is 0 Å². The van der Waals surface area contributed by atoms with E-state index in [9.17, 15) is 13.2 Å². The number of sulfonamides is 1. The van der Waals surface area contributed by atoms with Gasteiger partial charge in [-0.05, 0) is 67.1 Å². The van der Waals surface area contributed by atoms with Crippen LogP contribution in [0.2, 0.25) is 0 Å². The van der Waals surface area contributed by atoms with Gasteiger partial charge in [-0.2, -0.15) is 0 Å². The number of methoxy groups -OCH3 is 1. The first-order chi connectivity index (χ1) is 15.7. The average Bonchev–Trinajstić information content (AvgIpc) is 2.82. The molecule has 0 bridgehead atoms. The Labute approximate surface area is 195 Å². The Morgan fingerprint density at radius 1 is 0.970 bits per heavy atom. The summed E-state index contributed by atoms with van der Waals surface area (Å²) >= 11 is 0. The number of nitrogens with zero attached hydrogens (tertiary/aromatic N) is 2. The van der Waals surface area contributed by atoms with E-state index in [0.717, 1.165) is 11.3 Å². The lowest BCUT2D eigenvalue weighted by molar-refractivity contribution is 0.0752. The predicted molar refractivity (Wildman–Crippen MR) is 131 cm³/mol. The Hall–Kier alpha value is -3.52. The highest BCUT2D eigenvalue weighted by molar-refractivity contribution is 7.92. The highest BCUT2D eigenvalue weighted by Crippen LogP contribution is 2.21. The third-order valence-electron chi connectivity index (χ3n) is 5.23. The van der Waals surface area contributed by atoms with E-state index >= 15 is 0 Å². The summed E-state index contributed by atoms with van der Waals surface area (Å²) in [6, 6.07) is 20.7. The molecule has 0 aliphatic heterocycles. The summed E-state index contributed by atoms with van der Waals surface area (Å²) in [7, 11) is 1.63. The normalized spacial score (nSPS) is 11.0. The summed E-state index contributed by atoms with van der Waals surface area (Å²) in [5.41, 5.74) is 2.80. The Bertz CT molecular complexity index is 1190. The van der Waals surface area contributed by atoms with E-state index in [1.54, 1.807) is 48.4 Å². The lowest BCUT2D eigenvalue weighted by atomic mass is 10.1. The van der Waals surface area contributed by atoms with Gasteiger partial charge in [0.05, 0.1) is 12.0 Å². The van der Waals surface area contributed by atoms with Crippen LogP contribution in [0, 0.1) is 0 Å². The molecule has 0 aliphatic carbocycles. The van der Waals surface area contributed by atoms with Crippen LogP contribution < -0.4 is 14.4 Å². The Morgan fingerprint density at radius 2 is 1.64 bits per heavy atom. The van der Waals surface area contributed by atoms with Gasteiger partial charge in [-0.25, -0.2) is 8.42 Å². The van der Waals surface area contributed by atoms with Gasteiger partial charge in [-0.3, -0.25) is 9.52 Å². The first kappa shape index (κ1) is 24.1. The molecule has 33 heavy (non-hydrogen) atoms. The first-order valence-electron chi connectivity index (χ1n) is 10.6. The maximum absolute atomic E-state index is 13.2. The van der Waals surface area contributed by atoms with E-state index in [2.05, 4.69) is 4.72 Å². The van der Waals surface area contributed by atoms with E-state index in [4.69, 9.17) is 4.74 Å². The van der Waals surface area contributed by atoms with Gasteiger partial charge in [-0.1, -0.05) is 18.2 Å². The molecule has 0 saturated heterocycles. The molecule has 0 unspecified atom stereocenters. The number of amides is 1. The first-order valence-corrected chi connectivity index (χ1v) is 12.0. The van der Waals surface area contributed by atoms with Crippen LogP contribution >= 0.6 is 0 Å². The molecule has 0 fully saturated rings. The average molecular weight is 468 g/mol. The number of carbonyl (C=O) groups is 1. The third kappa shape index (κ3) is 6.04. The fraction of sp³-hybridized carbons (Fsp3) is 0.240. The highest BCUT2D eigenvalue weighted by atomic mass is 32.2. The van der Waals surface area contributed by atoms with E-state index in [-0.39, 0.29) is 10.8 Å². The standard InChI is InChI=1S/C25H29N3O4S/c1-5-28(18-19-9-13-22(14-10-19)27(2)3)25(29)20-7-6-8-24(17-20)33(30,31)26-21-11-15-23(32-4)16-12-21/h6-17,26H,5,18H2,1-4H3. The minimum absolute atomic E-state index is 0.0237. The highest BCUT2D eigenvalue weighted by Gasteiger charge is 2.19. The largest absolute Gasteiger partial charge is 0.497 e. The van der Waals surface area contributed by atoms with E-state index in [0.29, 0.717) is 30.1 Å². The van der Waals surface area contributed by atoms with E-state index in [1.165, 1.54) is 12.1 Å². The van der Waals surface area contributed by atoms with Crippen LogP contribution in [0.5, 0.6) is 5.75 Å². The quantitative estimate of drug-likeness (QED) is 0.510. The summed E-state index contributed by atoms with van der Waals surface area (Å²) in [4.78, 5) is 16.9. The van der Waals surface area contributed by atoms with Gasteiger partial charge in [0, 0.05) is 44.1 Å². The lowest BCUT2D eigenvalue weighted by Gasteiger charge is -2.22. The maximum Gasteiger partial charge on any atom is 0.261 e. The summed E-state index contributed by atoms with van der Waals surface area (Å²) in [6.07, 6.45) is 0. The monoisotopic (exact) mass is 467 g/mol. The van der Waals surface area contributed by atoms with Gasteiger partial charge in [0.25, 0.3) is 15.9 Å². The van der Waals surface area contributed by atoms with Crippen LogP contribution in [0.15, 0.2) is 77.7 Å². The van der Waals surface area contributed by atoms with Crippen LogP contribution in [0.3, 0.4) is 0 Å². The van der Waals surface area contributed by atoms with Crippen LogP contribution in [0.4, 0.5) is 11.4 Å². The summed E-state index contributed by atoms with van der Waals surface area (Å²) in [6.45, 7) is 2.83. The van der Waals surface area contributed by atoms with Gasteiger partial charge in [0.1, 0.15) is 5.75 Å². The molecule has 0 aliphatic rings. The second-order valence-electron chi connectivity index (χ2n) is 7.74. The molecule has 8 heteroatoms. The summed E-state index contributed by atoms with van der Waals surface area (Å²) in [5.74, 6) is 0.400. The number of hydrogen-bond donors (Lipinski definition) is 1. The van der Waals surface area contributed by atoms with Gasteiger partial charge in [-0.15, -0.1) is 0 Å². The molecule has 3 rings (SSSR count). The zero-order valence-corrected chi connectivity index (χ0v) is 20.1. The zero-order valence-electron chi connectivity index (χ0n) is 19.3. The second-order valence-corrected chi connectivity index (χ2v) is 9.42. The number of hydrogen-bond acceptors (Lipinski definition) is 5. The van der Waals surface area contributed by atoms with Crippen molar-refractivity contribution < 1.29 is 17.9 Å². The molecule has 7 nitrogen and oxygen atoms in total. The van der Waals surface area contributed by atoms with Crippen molar-refractivity contribution in [2.24, 2.45) is 0 Å². The van der Waals surface area contributed by atoms with E-state index < -0.39 is 10.0 Å². The van der Waals surface area contributed by atoms with Crippen molar-refractivity contribution in [1.82, 2.24) is 4.90 Å². The number of carbonyl (C=O) groups excluding carboxylic acids is 1. The lowest BCUT2D eigenvalue weighted by Crippen LogP contribution is -2.30. The van der Waals surface area contributed by atoms with Crippen molar-refractivity contribution in [3.05, 3.63) is 83.9 Å². The SMILES string of the molecule is CCN(Cc1ccc(N(C)C)cc1)C(=O)c1cccc(S(=O)(=O)Nc2ccc(OC)cc2)c1. The summed E-state index contributed by atoms with van der Waals surface area (Å²) in [5, 5.41) is 0. The summed E-state index contributed by atoms with van der Waals surface area (Å²) < 4.78 is 33.4. The molecule has 1 amide bonds. The van der Waals surface area contributed by atoms with Gasteiger partial charge < -0.3 is 14.5 Å². The molecule has 0 spiro atoms. The van der Waals surface area contributed by atoms with Crippen molar-refractivity contribution in [2.45, 2.75) is 18.4 Å². The van der Waals surface area contributed by atoms with Crippen molar-refractivity contribution in [1.29, 1.82) is 0 Å². The van der Waals surface area contributed by atoms with Crippen molar-refractivity contribution in [3.8, 4) is 5.75 Å². The molecule has 3 aromatic carbocycles. The molecule has 0 heterocycles. The number of benzene rings is 3. The molecule has 0 saturated carbocycles. The Kier molecular flexibility index (Phi) is 7.60. The fourth-order valence-corrected chi connectivity index (χ4v) is 4.40. The molecular formula is C25H29N3O4S. The van der Waals surface area contributed by atoms with Crippen LogP contribution in [-0.2, 0) is 16.6 Å². The molecule has 1 N–H and O–H groups in total. The molecule has 174 valence electrons. The minimum Gasteiger partial charge on any atom is -0.497 e. The molecule has 0 atom stereocenters. The van der Waals surface area contributed by atoms with E-state index in [1.807, 2.05) is 50.2 Å². The Balaban J connectivity index is 1.77. The molecule has 0 aromatic heterocycles. The second kappa shape index (κ2) is 10.4. The van der Waals surface area contributed by atoms with Crippen LogP contribution in [-0.4, -0.2) is 47.0 Å². The number of nitrogens with one attached hydrogen (secondary N) is 1. The van der Waals surface area contributed by atoms with Crippen molar-refractivity contribution >= 4 is 27.3 Å². The smallest absolute Gasteiger partial charge is 0.261 e. The predicted octanol–water partition coefficient (Wildman–Crippen LogP) is 4.22. The van der Waals surface area contributed by atoms with Crippen molar-refractivity contribution in [3.63, 3.8) is 0 Å². The maximum atomic E-state index is 13.2. The molecule has 0 radical (unpaired) electrons. The fourth-order valence-electron chi connectivity index (χ4n) is 3.30. The number of rotatable bonds is 9. The molecular weight excluding hydrogens is 438 g/mol. The minimum atomic E-state index is -3.86. The number of anilines is 2. The van der Waals surface area contributed by atoms with Crippen molar-refractivity contribution in [2.75, 3.05) is 37.4 Å². The third-order valence-corrected chi connectivity index (χ3v) is 6.61. The molecule has 3 aromatic rings. The zero-order chi connectivity index (χ0) is 24.0. The van der Waals surface area contributed by atoms with Gasteiger partial charge in [0.2, 0.25) is 0 Å². The van der Waals surface area contributed by atoms with Crippen LogP contribution in [0.25, 0.3) is 0 Å². The Morgan fingerprint density at radius 3 is 2.21 bits per heavy atom. The number of ether oxygens (including phenoxy) is 1. The topological polar surface area (TPSA) is 79.0 Å². The van der Waals surface area contributed by atoms with Gasteiger partial charge in [0.15, 0.2) is 0 Å².